The number of piperidine rings is 1. The van der Waals surface area contributed by atoms with Crippen LogP contribution in [0, 0.1) is 5.92 Å². The molecule has 0 spiro atoms. The second-order valence-electron chi connectivity index (χ2n) is 3.36. The van der Waals surface area contributed by atoms with E-state index in [0.717, 1.165) is 0 Å². The summed E-state index contributed by atoms with van der Waals surface area (Å²) in [6.45, 7) is 10.1. The van der Waals surface area contributed by atoms with Crippen molar-refractivity contribution in [1.29, 1.82) is 0 Å². The van der Waals surface area contributed by atoms with E-state index in [4.69, 9.17) is 0 Å². The summed E-state index contributed by atoms with van der Waals surface area (Å²) in [7, 11) is 2.17. The van der Waals surface area contributed by atoms with Gasteiger partial charge in [-0.05, 0) is 38.9 Å². The van der Waals surface area contributed by atoms with Crippen molar-refractivity contribution in [2.75, 3.05) is 20.1 Å². The maximum Gasteiger partial charge on any atom is -0.00160 e. The highest BCUT2D eigenvalue weighted by molar-refractivity contribution is 5.15. The lowest BCUT2D eigenvalue weighted by Gasteiger charge is -2.29. The van der Waals surface area contributed by atoms with Crippen molar-refractivity contribution in [2.24, 2.45) is 5.92 Å². The van der Waals surface area contributed by atoms with Crippen LogP contribution in [0.4, 0.5) is 0 Å². The van der Waals surface area contributed by atoms with Crippen LogP contribution in [0.5, 0.6) is 0 Å². The zero-order valence-corrected chi connectivity index (χ0v) is 7.34. The summed E-state index contributed by atoms with van der Waals surface area (Å²) in [5.41, 5.74) is 1.22. The van der Waals surface area contributed by atoms with Crippen molar-refractivity contribution in [3.05, 3.63) is 24.8 Å². The molecular weight excluding hydrogens is 134 g/mol. The highest BCUT2D eigenvalue weighted by Crippen LogP contribution is 2.22. The van der Waals surface area contributed by atoms with Crippen molar-refractivity contribution >= 4 is 0 Å². The van der Waals surface area contributed by atoms with E-state index in [1.54, 1.807) is 0 Å². The second-order valence-corrected chi connectivity index (χ2v) is 3.36. The minimum absolute atomic E-state index is 0.698. The predicted molar refractivity (Wildman–Crippen MR) is 49.6 cm³/mol. The van der Waals surface area contributed by atoms with Crippen LogP contribution in [0.1, 0.15) is 12.8 Å². The van der Waals surface area contributed by atoms with Crippen LogP contribution >= 0.6 is 0 Å². The topological polar surface area (TPSA) is 3.24 Å². The van der Waals surface area contributed by atoms with Gasteiger partial charge in [0.25, 0.3) is 0 Å². The molecule has 1 nitrogen and oxygen atoms in total. The first-order chi connectivity index (χ1) is 5.24. The summed E-state index contributed by atoms with van der Waals surface area (Å²) >= 11 is 0. The zero-order chi connectivity index (χ0) is 8.27. The Labute approximate surface area is 69.4 Å². The van der Waals surface area contributed by atoms with Gasteiger partial charge in [-0.2, -0.15) is 0 Å². The summed E-state index contributed by atoms with van der Waals surface area (Å²) in [5.74, 6) is 0.698. The number of nitrogens with zero attached hydrogens (tertiary/aromatic N) is 1. The Morgan fingerprint density at radius 3 is 2.45 bits per heavy atom. The molecule has 0 aliphatic carbocycles. The molecule has 1 rings (SSSR count). The van der Waals surface area contributed by atoms with Crippen molar-refractivity contribution in [3.8, 4) is 0 Å². The van der Waals surface area contributed by atoms with Gasteiger partial charge in [0.1, 0.15) is 0 Å². The fourth-order valence-electron chi connectivity index (χ4n) is 1.55. The molecule has 1 heterocycles. The molecule has 0 aromatic rings. The Morgan fingerprint density at radius 1 is 1.45 bits per heavy atom. The lowest BCUT2D eigenvalue weighted by Crippen LogP contribution is -2.30. The van der Waals surface area contributed by atoms with Crippen LogP contribution in [0.25, 0.3) is 0 Å². The van der Waals surface area contributed by atoms with Gasteiger partial charge in [0.15, 0.2) is 0 Å². The normalized spacial score (nSPS) is 21.5. The van der Waals surface area contributed by atoms with Crippen LogP contribution in [-0.4, -0.2) is 25.0 Å². The van der Waals surface area contributed by atoms with Gasteiger partial charge in [0.2, 0.25) is 0 Å². The molecule has 0 aromatic heterocycles. The first-order valence-electron chi connectivity index (χ1n) is 4.24. The molecule has 0 amide bonds. The van der Waals surface area contributed by atoms with Crippen molar-refractivity contribution in [1.82, 2.24) is 4.90 Å². The molecule has 0 unspecified atom stereocenters. The lowest BCUT2D eigenvalue weighted by molar-refractivity contribution is 0.240. The second kappa shape index (κ2) is 3.72. The molecule has 11 heavy (non-hydrogen) atoms. The minimum Gasteiger partial charge on any atom is -0.306 e. The number of likely N-dealkylation sites (tertiary alicyclic amines) is 1. The fraction of sp³-hybridized carbons (Fsp3) is 0.600. The first-order valence-corrected chi connectivity index (χ1v) is 4.24. The van der Waals surface area contributed by atoms with E-state index in [2.05, 4.69) is 25.1 Å². The third-order valence-electron chi connectivity index (χ3n) is 2.51. The predicted octanol–water partition coefficient (Wildman–Crippen LogP) is 2.07. The standard InChI is InChI=1S/C10H17N/c1-4-9(2)10-5-7-11(3)8-6-10/h4,10H,1-2,5-8H2,3H3. The molecule has 1 fully saturated rings. The molecule has 1 aliphatic heterocycles. The van der Waals surface area contributed by atoms with E-state index in [-0.39, 0.29) is 0 Å². The molecule has 0 aromatic carbocycles. The quantitative estimate of drug-likeness (QED) is 0.546. The summed E-state index contributed by atoms with van der Waals surface area (Å²) < 4.78 is 0. The van der Waals surface area contributed by atoms with Gasteiger partial charge in [-0.25, -0.2) is 0 Å². The number of allylic oxidation sites excluding steroid dienone is 2. The van der Waals surface area contributed by atoms with Crippen molar-refractivity contribution in [3.63, 3.8) is 0 Å². The van der Waals surface area contributed by atoms with E-state index in [1.807, 2.05) is 6.08 Å². The van der Waals surface area contributed by atoms with Crippen LogP contribution < -0.4 is 0 Å². The average molecular weight is 151 g/mol. The van der Waals surface area contributed by atoms with Gasteiger partial charge in [-0.3, -0.25) is 0 Å². The Bertz CT molecular complexity index is 152. The molecule has 0 atom stereocenters. The van der Waals surface area contributed by atoms with E-state index in [1.165, 1.54) is 31.5 Å². The van der Waals surface area contributed by atoms with Crippen molar-refractivity contribution in [2.45, 2.75) is 12.8 Å². The molecule has 1 aliphatic rings. The SMILES string of the molecule is C=CC(=C)C1CCN(C)CC1. The number of rotatable bonds is 2. The summed E-state index contributed by atoms with van der Waals surface area (Å²) in [6.07, 6.45) is 4.40. The molecule has 0 bridgehead atoms. The Hall–Kier alpha value is -0.560. The van der Waals surface area contributed by atoms with Crippen LogP contribution in [0.3, 0.4) is 0 Å². The largest absolute Gasteiger partial charge is 0.306 e. The van der Waals surface area contributed by atoms with Gasteiger partial charge >= 0.3 is 0 Å². The average Bonchev–Trinajstić information content (AvgIpc) is 2.05. The van der Waals surface area contributed by atoms with Gasteiger partial charge in [0, 0.05) is 0 Å². The Balaban J connectivity index is 2.38. The first kappa shape index (κ1) is 8.54. The summed E-state index contributed by atoms with van der Waals surface area (Å²) in [6, 6.07) is 0. The van der Waals surface area contributed by atoms with Crippen LogP contribution in [0.15, 0.2) is 24.8 Å². The highest BCUT2D eigenvalue weighted by Gasteiger charge is 2.16. The highest BCUT2D eigenvalue weighted by atomic mass is 15.1. The molecule has 62 valence electrons. The lowest BCUT2D eigenvalue weighted by atomic mass is 9.90. The maximum atomic E-state index is 3.99. The van der Waals surface area contributed by atoms with Gasteiger partial charge in [-0.1, -0.05) is 24.8 Å². The molecule has 0 saturated carbocycles. The number of hydrogen-bond donors (Lipinski definition) is 0. The summed E-state index contributed by atoms with van der Waals surface area (Å²) in [5, 5.41) is 0. The Morgan fingerprint density at radius 2 is 2.00 bits per heavy atom. The molecule has 1 heteroatoms. The fourth-order valence-corrected chi connectivity index (χ4v) is 1.55. The third-order valence-corrected chi connectivity index (χ3v) is 2.51. The molecular formula is C10H17N. The third kappa shape index (κ3) is 2.19. The Kier molecular flexibility index (Phi) is 2.89. The van der Waals surface area contributed by atoms with Gasteiger partial charge in [-0.15, -0.1) is 0 Å². The van der Waals surface area contributed by atoms with Gasteiger partial charge < -0.3 is 4.90 Å². The van der Waals surface area contributed by atoms with Crippen molar-refractivity contribution < 1.29 is 0 Å². The minimum atomic E-state index is 0.698. The number of hydrogen-bond acceptors (Lipinski definition) is 1. The van der Waals surface area contributed by atoms with Crippen LogP contribution in [-0.2, 0) is 0 Å². The van der Waals surface area contributed by atoms with E-state index in [9.17, 15) is 0 Å². The van der Waals surface area contributed by atoms with Crippen LogP contribution in [0.2, 0.25) is 0 Å². The van der Waals surface area contributed by atoms with E-state index < -0.39 is 0 Å². The summed E-state index contributed by atoms with van der Waals surface area (Å²) in [4.78, 5) is 2.37. The zero-order valence-electron chi connectivity index (χ0n) is 7.34. The van der Waals surface area contributed by atoms with E-state index >= 15 is 0 Å². The molecule has 1 saturated heterocycles. The molecule has 0 radical (unpaired) electrons. The molecule has 0 N–H and O–H groups in total. The maximum absolute atomic E-state index is 3.99. The van der Waals surface area contributed by atoms with Gasteiger partial charge in [0.05, 0.1) is 0 Å². The smallest absolute Gasteiger partial charge is 0.00160 e. The monoisotopic (exact) mass is 151 g/mol. The van der Waals surface area contributed by atoms with E-state index in [0.29, 0.717) is 5.92 Å².